The monoisotopic (exact) mass is 180 g/mol. The Labute approximate surface area is 81.2 Å². The maximum atomic E-state index is 5.99. The summed E-state index contributed by atoms with van der Waals surface area (Å²) in [4.78, 5) is 0. The van der Waals surface area contributed by atoms with E-state index < -0.39 is 0 Å². The smallest absolute Gasteiger partial charge is 0.0722 e. The van der Waals surface area contributed by atoms with Crippen LogP contribution in [0, 0.1) is 5.92 Å². The number of hydrogen-bond acceptors (Lipinski definition) is 1. The van der Waals surface area contributed by atoms with Gasteiger partial charge in [0.2, 0.25) is 0 Å². The van der Waals surface area contributed by atoms with Crippen molar-refractivity contribution in [1.29, 1.82) is 0 Å². The van der Waals surface area contributed by atoms with E-state index in [4.69, 9.17) is 4.74 Å². The zero-order chi connectivity index (χ0) is 9.31. The molecule has 0 unspecified atom stereocenters. The predicted molar refractivity (Wildman–Crippen MR) is 54.7 cm³/mol. The van der Waals surface area contributed by atoms with Crippen molar-refractivity contribution in [2.75, 3.05) is 6.61 Å². The van der Waals surface area contributed by atoms with E-state index in [2.05, 4.69) is 13.5 Å². The zero-order valence-corrected chi connectivity index (χ0v) is 8.64. The lowest BCUT2D eigenvalue weighted by Crippen LogP contribution is -2.41. The van der Waals surface area contributed by atoms with Crippen LogP contribution in [0.15, 0.2) is 12.2 Å². The first kappa shape index (κ1) is 9.26. The average Bonchev–Trinajstić information content (AvgIpc) is 2.02. The molecule has 1 saturated heterocycles. The number of ether oxygens (including phenoxy) is 1. The van der Waals surface area contributed by atoms with Gasteiger partial charge >= 0.3 is 0 Å². The summed E-state index contributed by atoms with van der Waals surface area (Å²) in [5.74, 6) is 0.847. The molecule has 2 atom stereocenters. The molecule has 0 bridgehead atoms. The first-order valence-corrected chi connectivity index (χ1v) is 5.51. The van der Waals surface area contributed by atoms with Crippen LogP contribution in [0.1, 0.15) is 45.4 Å². The Kier molecular flexibility index (Phi) is 2.46. The van der Waals surface area contributed by atoms with Crippen molar-refractivity contribution >= 4 is 0 Å². The predicted octanol–water partition coefficient (Wildman–Crippen LogP) is 3.30. The fourth-order valence-corrected chi connectivity index (χ4v) is 2.86. The van der Waals surface area contributed by atoms with E-state index >= 15 is 0 Å². The third-order valence-corrected chi connectivity index (χ3v) is 3.47. The molecule has 1 nitrogen and oxygen atoms in total. The lowest BCUT2D eigenvalue weighted by molar-refractivity contribution is -0.105. The highest BCUT2D eigenvalue weighted by atomic mass is 16.5. The standard InChI is InChI=1S/C12H20O/c1-10-4-3-6-12(8-10)9-11(2)5-7-13-12/h11H,1,3-9H2,2H3/t11-,12+/m0/s1. The molecule has 0 aromatic rings. The van der Waals surface area contributed by atoms with Gasteiger partial charge in [-0.3, -0.25) is 0 Å². The zero-order valence-electron chi connectivity index (χ0n) is 8.64. The molecule has 1 heteroatoms. The Morgan fingerprint density at radius 3 is 3.08 bits per heavy atom. The van der Waals surface area contributed by atoms with Crippen molar-refractivity contribution in [3.63, 3.8) is 0 Å². The molecule has 2 rings (SSSR count). The molecule has 2 aliphatic rings. The second-order valence-corrected chi connectivity index (χ2v) is 4.91. The topological polar surface area (TPSA) is 9.23 Å². The normalized spacial score (nSPS) is 41.0. The summed E-state index contributed by atoms with van der Waals surface area (Å²) in [6.07, 6.45) is 7.39. The molecular formula is C12H20O. The van der Waals surface area contributed by atoms with Gasteiger partial charge in [0.15, 0.2) is 0 Å². The van der Waals surface area contributed by atoms with Crippen LogP contribution < -0.4 is 0 Å². The fourth-order valence-electron chi connectivity index (χ4n) is 2.86. The molecule has 1 aliphatic heterocycles. The van der Waals surface area contributed by atoms with Crippen LogP contribution in [-0.4, -0.2) is 12.2 Å². The molecule has 74 valence electrons. The van der Waals surface area contributed by atoms with Crippen LogP contribution >= 0.6 is 0 Å². The molecular weight excluding hydrogens is 160 g/mol. The first-order valence-electron chi connectivity index (χ1n) is 5.51. The van der Waals surface area contributed by atoms with Gasteiger partial charge in [0.25, 0.3) is 0 Å². The molecule has 1 heterocycles. The van der Waals surface area contributed by atoms with Gasteiger partial charge in [-0.1, -0.05) is 19.1 Å². The maximum absolute atomic E-state index is 5.99. The average molecular weight is 180 g/mol. The molecule has 1 saturated carbocycles. The van der Waals surface area contributed by atoms with E-state index in [1.165, 1.54) is 37.7 Å². The van der Waals surface area contributed by atoms with Crippen LogP contribution in [0.2, 0.25) is 0 Å². The second-order valence-electron chi connectivity index (χ2n) is 4.91. The van der Waals surface area contributed by atoms with Gasteiger partial charge in [-0.25, -0.2) is 0 Å². The highest BCUT2D eigenvalue weighted by molar-refractivity contribution is 5.07. The summed E-state index contributed by atoms with van der Waals surface area (Å²) >= 11 is 0. The number of rotatable bonds is 0. The molecule has 1 aliphatic carbocycles. The first-order chi connectivity index (χ1) is 6.20. The molecule has 0 N–H and O–H groups in total. The maximum Gasteiger partial charge on any atom is 0.0722 e. The van der Waals surface area contributed by atoms with Crippen LogP contribution in [0.4, 0.5) is 0 Å². The van der Waals surface area contributed by atoms with Gasteiger partial charge < -0.3 is 4.74 Å². The minimum atomic E-state index is 0.201. The van der Waals surface area contributed by atoms with Gasteiger partial charge in [-0.2, -0.15) is 0 Å². The van der Waals surface area contributed by atoms with E-state index in [0.717, 1.165) is 18.9 Å². The van der Waals surface area contributed by atoms with E-state index in [1.807, 2.05) is 0 Å². The van der Waals surface area contributed by atoms with Crippen LogP contribution in [0.3, 0.4) is 0 Å². The Hall–Kier alpha value is -0.300. The molecule has 0 aromatic heterocycles. The molecule has 13 heavy (non-hydrogen) atoms. The summed E-state index contributed by atoms with van der Waals surface area (Å²) in [5, 5.41) is 0. The Morgan fingerprint density at radius 1 is 1.54 bits per heavy atom. The minimum absolute atomic E-state index is 0.201. The van der Waals surface area contributed by atoms with Gasteiger partial charge in [0, 0.05) is 6.61 Å². The van der Waals surface area contributed by atoms with Gasteiger partial charge in [0.05, 0.1) is 5.60 Å². The summed E-state index contributed by atoms with van der Waals surface area (Å²) in [5.41, 5.74) is 1.60. The van der Waals surface area contributed by atoms with Crippen LogP contribution in [-0.2, 0) is 4.74 Å². The van der Waals surface area contributed by atoms with E-state index in [1.54, 1.807) is 0 Å². The fraction of sp³-hybridized carbons (Fsp3) is 0.833. The second kappa shape index (κ2) is 3.45. The Morgan fingerprint density at radius 2 is 2.38 bits per heavy atom. The summed E-state index contributed by atoms with van der Waals surface area (Å²) in [6.45, 7) is 7.42. The quantitative estimate of drug-likeness (QED) is 0.520. The Bertz CT molecular complexity index is 205. The van der Waals surface area contributed by atoms with Gasteiger partial charge in [-0.05, 0) is 44.4 Å². The van der Waals surface area contributed by atoms with E-state index in [0.29, 0.717) is 0 Å². The third-order valence-electron chi connectivity index (χ3n) is 3.47. The molecule has 0 radical (unpaired) electrons. The summed E-state index contributed by atoms with van der Waals surface area (Å²) < 4.78 is 5.99. The van der Waals surface area contributed by atoms with E-state index in [-0.39, 0.29) is 5.60 Å². The third kappa shape index (κ3) is 1.96. The van der Waals surface area contributed by atoms with Gasteiger partial charge in [-0.15, -0.1) is 0 Å². The number of hydrogen-bond donors (Lipinski definition) is 0. The molecule has 1 spiro atoms. The Balaban J connectivity index is 2.04. The lowest BCUT2D eigenvalue weighted by Gasteiger charge is -2.43. The minimum Gasteiger partial charge on any atom is -0.375 e. The highest BCUT2D eigenvalue weighted by Gasteiger charge is 2.38. The molecule has 0 amide bonds. The summed E-state index contributed by atoms with van der Waals surface area (Å²) in [7, 11) is 0. The van der Waals surface area contributed by atoms with Crippen molar-refractivity contribution in [2.45, 2.75) is 51.0 Å². The molecule has 0 aromatic carbocycles. The SMILES string of the molecule is C=C1CCC[C@@]2(C1)C[C@@H](C)CCO2. The van der Waals surface area contributed by atoms with Crippen molar-refractivity contribution in [1.82, 2.24) is 0 Å². The lowest BCUT2D eigenvalue weighted by atomic mass is 9.75. The highest BCUT2D eigenvalue weighted by Crippen LogP contribution is 2.41. The largest absolute Gasteiger partial charge is 0.375 e. The van der Waals surface area contributed by atoms with Crippen molar-refractivity contribution in [3.05, 3.63) is 12.2 Å². The van der Waals surface area contributed by atoms with Crippen LogP contribution in [0.5, 0.6) is 0 Å². The molecule has 2 fully saturated rings. The summed E-state index contributed by atoms with van der Waals surface area (Å²) in [6, 6.07) is 0. The van der Waals surface area contributed by atoms with E-state index in [9.17, 15) is 0 Å². The van der Waals surface area contributed by atoms with Crippen molar-refractivity contribution < 1.29 is 4.74 Å². The van der Waals surface area contributed by atoms with Crippen LogP contribution in [0.25, 0.3) is 0 Å². The van der Waals surface area contributed by atoms with Crippen molar-refractivity contribution in [2.24, 2.45) is 5.92 Å². The van der Waals surface area contributed by atoms with Crippen molar-refractivity contribution in [3.8, 4) is 0 Å². The van der Waals surface area contributed by atoms with Gasteiger partial charge in [0.1, 0.15) is 0 Å².